The van der Waals surface area contributed by atoms with E-state index < -0.39 is 24.0 Å². The monoisotopic (exact) mass is 474 g/mol. The SMILES string of the molecule is Cc1cc(-n2c(C)cc(C(=O)CN3C(=O)NC(C)(c4cccc(-n5cnnn5)c4)C3=O)c2C)no1. The van der Waals surface area contributed by atoms with Crippen LogP contribution in [-0.2, 0) is 10.3 Å². The van der Waals surface area contributed by atoms with Crippen molar-refractivity contribution in [2.24, 2.45) is 0 Å². The number of tetrazole rings is 1. The summed E-state index contributed by atoms with van der Waals surface area (Å²) in [4.78, 5) is 40.4. The molecule has 0 radical (unpaired) electrons. The maximum atomic E-state index is 13.4. The average molecular weight is 474 g/mol. The van der Waals surface area contributed by atoms with E-state index in [9.17, 15) is 14.4 Å². The Balaban J connectivity index is 1.41. The number of imide groups is 1. The number of hydrogen-bond donors (Lipinski definition) is 1. The van der Waals surface area contributed by atoms with E-state index in [1.165, 1.54) is 11.0 Å². The second-order valence-corrected chi connectivity index (χ2v) is 8.59. The Morgan fingerprint density at radius 3 is 2.63 bits per heavy atom. The fraction of sp³-hybridized carbons (Fsp3) is 0.261. The minimum absolute atomic E-state index is 0.361. The fourth-order valence-corrected chi connectivity index (χ4v) is 4.36. The summed E-state index contributed by atoms with van der Waals surface area (Å²) in [5.41, 5.74) is 1.64. The number of urea groups is 1. The number of nitrogens with zero attached hydrogens (tertiary/aromatic N) is 7. The molecule has 12 heteroatoms. The smallest absolute Gasteiger partial charge is 0.325 e. The molecule has 0 spiro atoms. The number of aromatic nitrogens is 6. The van der Waals surface area contributed by atoms with E-state index in [1.54, 1.807) is 61.7 Å². The van der Waals surface area contributed by atoms with Crippen LogP contribution < -0.4 is 5.32 Å². The van der Waals surface area contributed by atoms with Crippen LogP contribution in [0.4, 0.5) is 4.79 Å². The first-order valence-electron chi connectivity index (χ1n) is 10.8. The minimum Gasteiger partial charge on any atom is -0.360 e. The number of benzene rings is 1. The molecule has 1 fully saturated rings. The van der Waals surface area contributed by atoms with Crippen LogP contribution in [0.15, 0.2) is 47.2 Å². The Hall–Kier alpha value is -4.61. The average Bonchev–Trinajstić information content (AvgIpc) is 3.60. The molecule has 1 aromatic carbocycles. The summed E-state index contributed by atoms with van der Waals surface area (Å²) in [7, 11) is 0. The molecular formula is C23H22N8O4. The van der Waals surface area contributed by atoms with Crippen LogP contribution in [0.25, 0.3) is 11.5 Å². The predicted octanol–water partition coefficient (Wildman–Crippen LogP) is 2.02. The fourth-order valence-electron chi connectivity index (χ4n) is 4.36. The van der Waals surface area contributed by atoms with Crippen molar-refractivity contribution in [3.63, 3.8) is 0 Å². The van der Waals surface area contributed by atoms with Gasteiger partial charge in [-0.1, -0.05) is 17.3 Å². The third-order valence-electron chi connectivity index (χ3n) is 6.19. The molecule has 1 aliphatic heterocycles. The van der Waals surface area contributed by atoms with Crippen LogP contribution in [-0.4, -0.2) is 59.1 Å². The molecule has 12 nitrogen and oxygen atoms in total. The van der Waals surface area contributed by atoms with Gasteiger partial charge in [0.15, 0.2) is 11.6 Å². The molecule has 0 bridgehead atoms. The van der Waals surface area contributed by atoms with Crippen molar-refractivity contribution in [1.29, 1.82) is 0 Å². The molecule has 3 amide bonds. The topological polar surface area (TPSA) is 141 Å². The molecule has 0 aliphatic carbocycles. The van der Waals surface area contributed by atoms with Gasteiger partial charge in [-0.05, 0) is 61.9 Å². The van der Waals surface area contributed by atoms with Crippen molar-refractivity contribution >= 4 is 17.7 Å². The van der Waals surface area contributed by atoms with Gasteiger partial charge in [-0.3, -0.25) is 19.1 Å². The second kappa shape index (κ2) is 8.01. The zero-order chi connectivity index (χ0) is 24.9. The van der Waals surface area contributed by atoms with Gasteiger partial charge in [-0.25, -0.2) is 9.48 Å². The van der Waals surface area contributed by atoms with E-state index in [4.69, 9.17) is 4.52 Å². The van der Waals surface area contributed by atoms with Crippen molar-refractivity contribution in [1.82, 2.24) is 40.1 Å². The van der Waals surface area contributed by atoms with Crippen molar-refractivity contribution in [2.45, 2.75) is 33.2 Å². The lowest BCUT2D eigenvalue weighted by molar-refractivity contribution is -0.130. The van der Waals surface area contributed by atoms with E-state index in [0.29, 0.717) is 34.1 Å². The highest BCUT2D eigenvalue weighted by atomic mass is 16.5. The number of amides is 3. The molecule has 5 rings (SSSR count). The number of carbonyl (C=O) groups is 3. The summed E-state index contributed by atoms with van der Waals surface area (Å²) < 4.78 is 8.40. The Labute approximate surface area is 199 Å². The van der Waals surface area contributed by atoms with Crippen LogP contribution in [0.5, 0.6) is 0 Å². The largest absolute Gasteiger partial charge is 0.360 e. The van der Waals surface area contributed by atoms with Crippen LogP contribution in [0, 0.1) is 20.8 Å². The molecule has 1 N–H and O–H groups in total. The first-order chi connectivity index (χ1) is 16.7. The molecule has 178 valence electrons. The molecule has 1 unspecified atom stereocenters. The Bertz CT molecular complexity index is 1470. The summed E-state index contributed by atoms with van der Waals surface area (Å²) >= 11 is 0. The van der Waals surface area contributed by atoms with Gasteiger partial charge in [0.05, 0.1) is 12.2 Å². The van der Waals surface area contributed by atoms with Gasteiger partial charge in [-0.2, -0.15) is 0 Å². The van der Waals surface area contributed by atoms with Crippen LogP contribution in [0.3, 0.4) is 0 Å². The number of hydrogen-bond acceptors (Lipinski definition) is 8. The van der Waals surface area contributed by atoms with Gasteiger partial charge >= 0.3 is 6.03 Å². The molecule has 1 aliphatic rings. The normalized spacial score (nSPS) is 17.8. The first-order valence-corrected chi connectivity index (χ1v) is 10.8. The quantitative estimate of drug-likeness (QED) is 0.330. The third kappa shape index (κ3) is 3.59. The molecule has 4 aromatic rings. The van der Waals surface area contributed by atoms with Crippen LogP contribution in [0.2, 0.25) is 0 Å². The van der Waals surface area contributed by atoms with Gasteiger partial charge in [0, 0.05) is 23.0 Å². The van der Waals surface area contributed by atoms with E-state index in [0.717, 1.165) is 10.6 Å². The van der Waals surface area contributed by atoms with Crippen molar-refractivity contribution in [3.8, 4) is 11.5 Å². The Morgan fingerprint density at radius 2 is 1.94 bits per heavy atom. The molecule has 35 heavy (non-hydrogen) atoms. The van der Waals surface area contributed by atoms with Gasteiger partial charge in [0.1, 0.15) is 17.6 Å². The van der Waals surface area contributed by atoms with Gasteiger partial charge in [-0.15, -0.1) is 5.10 Å². The van der Waals surface area contributed by atoms with E-state index >= 15 is 0 Å². The maximum Gasteiger partial charge on any atom is 0.325 e. The van der Waals surface area contributed by atoms with E-state index in [-0.39, 0.29) is 5.78 Å². The molecular weight excluding hydrogens is 452 g/mol. The zero-order valence-electron chi connectivity index (χ0n) is 19.5. The zero-order valence-corrected chi connectivity index (χ0v) is 19.5. The summed E-state index contributed by atoms with van der Waals surface area (Å²) in [5, 5.41) is 17.8. The Morgan fingerprint density at radius 1 is 1.14 bits per heavy atom. The van der Waals surface area contributed by atoms with Crippen molar-refractivity contribution in [3.05, 3.63) is 71.0 Å². The third-order valence-corrected chi connectivity index (χ3v) is 6.19. The molecule has 3 aromatic heterocycles. The molecule has 0 saturated carbocycles. The standard InChI is InChI=1S/C23H22N8O4/c1-13-8-18(15(3)31(13)20-9-14(2)35-26-20)19(32)11-29-21(33)23(4,25-22(29)34)16-6-5-7-17(10-16)30-12-24-27-28-30/h5-10,12H,11H2,1-4H3,(H,25,34). The molecule has 1 atom stereocenters. The highest BCUT2D eigenvalue weighted by Crippen LogP contribution is 2.30. The van der Waals surface area contributed by atoms with Gasteiger partial charge in [0.25, 0.3) is 5.91 Å². The number of Topliss-reactive ketones (excluding diaryl/α,β-unsaturated/α-hetero) is 1. The summed E-state index contributed by atoms with van der Waals surface area (Å²) in [6.45, 7) is 6.62. The lowest BCUT2D eigenvalue weighted by Gasteiger charge is -2.22. The van der Waals surface area contributed by atoms with Crippen LogP contribution in [0.1, 0.15) is 40.0 Å². The maximum absolute atomic E-state index is 13.4. The summed E-state index contributed by atoms with van der Waals surface area (Å²) in [6, 6.07) is 9.80. The highest BCUT2D eigenvalue weighted by Gasteiger charge is 2.49. The Kier molecular flexibility index (Phi) is 5.08. The van der Waals surface area contributed by atoms with Gasteiger partial charge < -0.3 is 9.84 Å². The minimum atomic E-state index is -1.35. The van der Waals surface area contributed by atoms with Crippen molar-refractivity contribution in [2.75, 3.05) is 6.54 Å². The molecule has 1 saturated heterocycles. The van der Waals surface area contributed by atoms with E-state index in [1.807, 2.05) is 6.92 Å². The summed E-state index contributed by atoms with van der Waals surface area (Å²) in [5.74, 6) is 0.315. The lowest BCUT2D eigenvalue weighted by Crippen LogP contribution is -2.41. The highest BCUT2D eigenvalue weighted by molar-refractivity contribution is 6.11. The second-order valence-electron chi connectivity index (χ2n) is 8.59. The lowest BCUT2D eigenvalue weighted by atomic mass is 9.91. The molecule has 4 heterocycles. The number of rotatable bonds is 6. The first kappa shape index (κ1) is 22.2. The van der Waals surface area contributed by atoms with Crippen molar-refractivity contribution < 1.29 is 18.9 Å². The number of carbonyl (C=O) groups excluding carboxylic acids is 3. The van der Waals surface area contributed by atoms with Crippen LogP contribution >= 0.6 is 0 Å². The number of nitrogens with one attached hydrogen (secondary N) is 1. The van der Waals surface area contributed by atoms with E-state index in [2.05, 4.69) is 26.0 Å². The number of aryl methyl sites for hydroxylation is 2. The number of ketones is 1. The summed E-state index contributed by atoms with van der Waals surface area (Å²) in [6.07, 6.45) is 1.43. The predicted molar refractivity (Wildman–Crippen MR) is 121 cm³/mol. The van der Waals surface area contributed by atoms with Gasteiger partial charge in [0.2, 0.25) is 0 Å².